The Kier molecular flexibility index (Phi) is 4.53. The van der Waals surface area contributed by atoms with Gasteiger partial charge in [-0.15, -0.1) is 11.8 Å². The molecule has 1 saturated heterocycles. The van der Waals surface area contributed by atoms with Crippen molar-refractivity contribution < 1.29 is 14.9 Å². The molecule has 4 N–H and O–H groups in total. The van der Waals surface area contributed by atoms with Gasteiger partial charge in [-0.25, -0.2) is 15.0 Å². The highest BCUT2D eigenvalue weighted by Gasteiger charge is 2.44. The monoisotopic (exact) mass is 373 g/mol. The lowest BCUT2D eigenvalue weighted by Crippen LogP contribution is -2.32. The SMILES string of the molecule is Cc1ccccc1SC[C@H]1O[C@@H](n2cnc3c(N)ncnc32)[C@H](O)[C@@H]1O. The number of anilines is 1. The van der Waals surface area contributed by atoms with Gasteiger partial charge in [-0.05, 0) is 18.6 Å². The van der Waals surface area contributed by atoms with Gasteiger partial charge in [-0.3, -0.25) is 4.57 Å². The number of nitrogens with zero attached hydrogens (tertiary/aromatic N) is 4. The third-order valence-corrected chi connectivity index (χ3v) is 5.76. The van der Waals surface area contributed by atoms with E-state index in [0.717, 1.165) is 10.5 Å². The molecule has 0 amide bonds. The third kappa shape index (κ3) is 2.92. The summed E-state index contributed by atoms with van der Waals surface area (Å²) in [6, 6.07) is 8.02. The van der Waals surface area contributed by atoms with E-state index in [4.69, 9.17) is 10.5 Å². The number of rotatable bonds is 4. The van der Waals surface area contributed by atoms with Crippen LogP contribution in [-0.4, -0.2) is 53.8 Å². The van der Waals surface area contributed by atoms with Gasteiger partial charge in [0, 0.05) is 10.6 Å². The van der Waals surface area contributed by atoms with Crippen LogP contribution in [0.25, 0.3) is 11.2 Å². The van der Waals surface area contributed by atoms with Gasteiger partial charge >= 0.3 is 0 Å². The number of hydrogen-bond donors (Lipinski definition) is 3. The number of ether oxygens (including phenoxy) is 1. The van der Waals surface area contributed by atoms with Crippen LogP contribution < -0.4 is 5.73 Å². The summed E-state index contributed by atoms with van der Waals surface area (Å²) in [7, 11) is 0. The Morgan fingerprint density at radius 3 is 2.81 bits per heavy atom. The molecule has 0 unspecified atom stereocenters. The summed E-state index contributed by atoms with van der Waals surface area (Å²) >= 11 is 1.59. The normalized spacial score (nSPS) is 25.8. The Balaban J connectivity index is 1.54. The predicted molar refractivity (Wildman–Crippen MR) is 97.6 cm³/mol. The van der Waals surface area contributed by atoms with E-state index in [9.17, 15) is 10.2 Å². The second-order valence-electron chi connectivity index (χ2n) is 6.21. The van der Waals surface area contributed by atoms with Crippen molar-refractivity contribution in [1.82, 2.24) is 19.5 Å². The van der Waals surface area contributed by atoms with Crippen molar-refractivity contribution >= 4 is 28.7 Å². The Bertz CT molecular complexity index is 934. The predicted octanol–water partition coefficient (Wildman–Crippen LogP) is 1.13. The Morgan fingerprint density at radius 1 is 1.19 bits per heavy atom. The number of hydrogen-bond acceptors (Lipinski definition) is 8. The minimum Gasteiger partial charge on any atom is -0.387 e. The lowest BCUT2D eigenvalue weighted by atomic mass is 10.1. The molecule has 1 aliphatic rings. The van der Waals surface area contributed by atoms with Gasteiger partial charge in [0.05, 0.1) is 12.4 Å². The molecule has 0 radical (unpaired) electrons. The molecule has 1 fully saturated rings. The molecule has 3 aromatic rings. The van der Waals surface area contributed by atoms with Gasteiger partial charge in [0.15, 0.2) is 17.7 Å². The second-order valence-corrected chi connectivity index (χ2v) is 7.27. The molecule has 1 aliphatic heterocycles. The number of benzene rings is 1. The zero-order chi connectivity index (χ0) is 18.3. The molecule has 2 aromatic heterocycles. The fourth-order valence-electron chi connectivity index (χ4n) is 3.04. The maximum atomic E-state index is 10.5. The highest BCUT2D eigenvalue weighted by Crippen LogP contribution is 2.35. The molecule has 3 heterocycles. The van der Waals surface area contributed by atoms with Crippen molar-refractivity contribution in [2.45, 2.75) is 36.4 Å². The van der Waals surface area contributed by atoms with Crippen LogP contribution in [0.2, 0.25) is 0 Å². The van der Waals surface area contributed by atoms with Gasteiger partial charge in [0.25, 0.3) is 0 Å². The number of aromatic nitrogens is 4. The van der Waals surface area contributed by atoms with E-state index in [0.29, 0.717) is 16.9 Å². The van der Waals surface area contributed by atoms with Crippen LogP contribution in [0.15, 0.2) is 41.8 Å². The van der Waals surface area contributed by atoms with Crippen molar-refractivity contribution in [3.63, 3.8) is 0 Å². The van der Waals surface area contributed by atoms with Crippen LogP contribution in [0.1, 0.15) is 11.8 Å². The van der Waals surface area contributed by atoms with Gasteiger partial charge < -0.3 is 20.7 Å². The van der Waals surface area contributed by atoms with Gasteiger partial charge in [-0.2, -0.15) is 0 Å². The quantitative estimate of drug-likeness (QED) is 0.582. The van der Waals surface area contributed by atoms with Gasteiger partial charge in [-0.1, -0.05) is 18.2 Å². The standard InChI is InChI=1S/C17H19N5O3S/c1-9-4-2-3-5-11(9)26-6-10-13(23)14(24)17(25-10)22-8-21-12-15(18)19-7-20-16(12)22/h2-5,7-8,10,13-14,17,23-24H,6H2,1H3,(H2,18,19,20)/t10-,13-,14-,17-/m1/s1. The number of aliphatic hydroxyl groups excluding tert-OH is 2. The molecule has 4 atom stereocenters. The van der Waals surface area contributed by atoms with Crippen LogP contribution in [0.3, 0.4) is 0 Å². The Labute approximate surface area is 154 Å². The Morgan fingerprint density at radius 2 is 2.00 bits per heavy atom. The van der Waals surface area contributed by atoms with Crippen molar-refractivity contribution in [3.8, 4) is 0 Å². The molecular formula is C17H19N5O3S. The molecule has 136 valence electrons. The summed E-state index contributed by atoms with van der Waals surface area (Å²) in [4.78, 5) is 13.4. The molecule has 9 heteroatoms. The first-order valence-corrected chi connectivity index (χ1v) is 9.18. The molecule has 0 aliphatic carbocycles. The van der Waals surface area contributed by atoms with E-state index < -0.39 is 24.5 Å². The molecule has 0 spiro atoms. The summed E-state index contributed by atoms with van der Waals surface area (Å²) in [6.45, 7) is 2.04. The maximum absolute atomic E-state index is 10.5. The maximum Gasteiger partial charge on any atom is 0.167 e. The molecular weight excluding hydrogens is 354 g/mol. The van der Waals surface area contributed by atoms with E-state index in [1.807, 2.05) is 31.2 Å². The molecule has 0 saturated carbocycles. The Hall–Kier alpha value is -2.20. The topological polar surface area (TPSA) is 119 Å². The lowest BCUT2D eigenvalue weighted by molar-refractivity contribution is -0.0289. The average Bonchev–Trinajstić information content (AvgIpc) is 3.18. The minimum absolute atomic E-state index is 0.258. The van der Waals surface area contributed by atoms with E-state index in [-0.39, 0.29) is 5.82 Å². The molecule has 8 nitrogen and oxygen atoms in total. The number of aliphatic hydroxyl groups is 2. The summed E-state index contributed by atoms with van der Waals surface area (Å²) in [5.41, 5.74) is 7.86. The smallest absolute Gasteiger partial charge is 0.167 e. The van der Waals surface area contributed by atoms with E-state index in [2.05, 4.69) is 15.0 Å². The lowest BCUT2D eigenvalue weighted by Gasteiger charge is -2.16. The number of fused-ring (bicyclic) bond motifs is 1. The average molecular weight is 373 g/mol. The molecule has 1 aromatic carbocycles. The first kappa shape index (κ1) is 17.2. The summed E-state index contributed by atoms with van der Waals surface area (Å²) in [5, 5.41) is 20.9. The van der Waals surface area contributed by atoms with Crippen LogP contribution in [0, 0.1) is 6.92 Å². The van der Waals surface area contributed by atoms with Crippen LogP contribution in [0.5, 0.6) is 0 Å². The number of aryl methyl sites for hydroxylation is 1. The van der Waals surface area contributed by atoms with Gasteiger partial charge in [0.1, 0.15) is 24.1 Å². The van der Waals surface area contributed by atoms with E-state index in [1.165, 1.54) is 12.7 Å². The highest BCUT2D eigenvalue weighted by atomic mass is 32.2. The summed E-state index contributed by atoms with van der Waals surface area (Å²) in [5.74, 6) is 0.775. The third-order valence-electron chi connectivity index (χ3n) is 4.50. The number of nitrogen functional groups attached to an aromatic ring is 1. The minimum atomic E-state index is -1.09. The van der Waals surface area contributed by atoms with Crippen molar-refractivity contribution in [2.75, 3.05) is 11.5 Å². The van der Waals surface area contributed by atoms with Crippen molar-refractivity contribution in [1.29, 1.82) is 0 Å². The van der Waals surface area contributed by atoms with Crippen LogP contribution >= 0.6 is 11.8 Å². The van der Waals surface area contributed by atoms with Crippen molar-refractivity contribution in [3.05, 3.63) is 42.5 Å². The zero-order valence-electron chi connectivity index (χ0n) is 14.1. The fourth-order valence-corrected chi connectivity index (χ4v) is 4.13. The summed E-state index contributed by atoms with van der Waals surface area (Å²) in [6.07, 6.45) is -0.575. The first-order valence-electron chi connectivity index (χ1n) is 8.19. The largest absolute Gasteiger partial charge is 0.387 e. The van der Waals surface area contributed by atoms with E-state index >= 15 is 0 Å². The number of nitrogens with two attached hydrogens (primary N) is 1. The fraction of sp³-hybridized carbons (Fsp3) is 0.353. The van der Waals surface area contributed by atoms with Crippen LogP contribution in [0.4, 0.5) is 5.82 Å². The zero-order valence-corrected chi connectivity index (χ0v) is 14.9. The molecule has 0 bridgehead atoms. The van der Waals surface area contributed by atoms with Gasteiger partial charge in [0.2, 0.25) is 0 Å². The number of imidazole rings is 1. The first-order chi connectivity index (χ1) is 12.6. The van der Waals surface area contributed by atoms with Crippen molar-refractivity contribution in [2.24, 2.45) is 0 Å². The van der Waals surface area contributed by atoms with E-state index in [1.54, 1.807) is 16.3 Å². The summed E-state index contributed by atoms with van der Waals surface area (Å²) < 4.78 is 7.52. The highest BCUT2D eigenvalue weighted by molar-refractivity contribution is 7.99. The molecule has 26 heavy (non-hydrogen) atoms. The molecule has 4 rings (SSSR count). The second kappa shape index (κ2) is 6.84. The van der Waals surface area contributed by atoms with Crippen LogP contribution in [-0.2, 0) is 4.74 Å². The number of thioether (sulfide) groups is 1.